The van der Waals surface area contributed by atoms with Gasteiger partial charge in [0.25, 0.3) is 0 Å². The molecular formula is C13H16FN3O. The topological polar surface area (TPSA) is 35.6 Å². The van der Waals surface area contributed by atoms with Crippen LogP contribution in [0.15, 0.2) is 24.3 Å². The number of urea groups is 1. The second-order valence-electron chi connectivity index (χ2n) is 4.81. The molecule has 1 N–H and O–H groups in total. The van der Waals surface area contributed by atoms with Crippen LogP contribution in [0.25, 0.3) is 0 Å². The van der Waals surface area contributed by atoms with Crippen molar-refractivity contribution in [2.45, 2.75) is 12.6 Å². The molecule has 0 spiro atoms. The average Bonchev–Trinajstić information content (AvgIpc) is 2.70. The minimum Gasteiger partial charge on any atom is -0.318 e. The van der Waals surface area contributed by atoms with Crippen LogP contribution in [0, 0.1) is 5.82 Å². The highest BCUT2D eigenvalue weighted by atomic mass is 19.1. The first-order chi connectivity index (χ1) is 8.75. The summed E-state index contributed by atoms with van der Waals surface area (Å²) in [6.07, 6.45) is 0. The summed E-state index contributed by atoms with van der Waals surface area (Å²) in [7, 11) is 0. The van der Waals surface area contributed by atoms with E-state index in [1.807, 2.05) is 4.90 Å². The van der Waals surface area contributed by atoms with Gasteiger partial charge in [0.05, 0.1) is 12.6 Å². The molecule has 2 aliphatic heterocycles. The maximum atomic E-state index is 13.6. The van der Waals surface area contributed by atoms with E-state index in [0.29, 0.717) is 18.7 Å². The normalized spacial score (nSPS) is 23.4. The molecule has 0 saturated carbocycles. The molecule has 2 amide bonds. The molecule has 5 heteroatoms. The van der Waals surface area contributed by atoms with Crippen LogP contribution >= 0.6 is 0 Å². The zero-order valence-electron chi connectivity index (χ0n) is 10.1. The van der Waals surface area contributed by atoms with Gasteiger partial charge in [-0.05, 0) is 6.07 Å². The third kappa shape index (κ3) is 1.95. The van der Waals surface area contributed by atoms with Crippen LogP contribution in [0.4, 0.5) is 9.18 Å². The Morgan fingerprint density at radius 1 is 1.39 bits per heavy atom. The smallest absolute Gasteiger partial charge is 0.318 e. The van der Waals surface area contributed by atoms with E-state index in [1.165, 1.54) is 6.07 Å². The molecule has 96 valence electrons. The Hall–Kier alpha value is -1.62. The summed E-state index contributed by atoms with van der Waals surface area (Å²) >= 11 is 0. The highest BCUT2D eigenvalue weighted by Crippen LogP contribution is 2.20. The zero-order valence-corrected chi connectivity index (χ0v) is 10.1. The molecule has 0 bridgehead atoms. The van der Waals surface area contributed by atoms with E-state index in [1.54, 1.807) is 23.1 Å². The van der Waals surface area contributed by atoms with Crippen LogP contribution < -0.4 is 5.32 Å². The fourth-order valence-corrected chi connectivity index (χ4v) is 2.65. The number of rotatable bonds is 2. The Kier molecular flexibility index (Phi) is 2.91. The lowest BCUT2D eigenvalue weighted by atomic mass is 10.2. The summed E-state index contributed by atoms with van der Waals surface area (Å²) < 4.78 is 13.6. The quantitative estimate of drug-likeness (QED) is 0.850. The first-order valence-corrected chi connectivity index (χ1v) is 6.25. The molecular weight excluding hydrogens is 233 g/mol. The summed E-state index contributed by atoms with van der Waals surface area (Å²) in [6, 6.07) is 6.90. The fraction of sp³-hybridized carbons (Fsp3) is 0.462. The van der Waals surface area contributed by atoms with Crippen molar-refractivity contribution in [2.75, 3.05) is 26.2 Å². The monoisotopic (exact) mass is 249 g/mol. The molecule has 3 rings (SSSR count). The highest BCUT2D eigenvalue weighted by molar-refractivity contribution is 5.77. The van der Waals surface area contributed by atoms with Crippen LogP contribution in [-0.4, -0.2) is 48.1 Å². The first kappa shape index (κ1) is 11.5. The lowest BCUT2D eigenvalue weighted by molar-refractivity contribution is 0.178. The first-order valence-electron chi connectivity index (χ1n) is 6.25. The number of fused-ring (bicyclic) bond motifs is 1. The predicted octanol–water partition coefficient (Wildman–Crippen LogP) is 1.04. The van der Waals surface area contributed by atoms with Crippen LogP contribution in [0.1, 0.15) is 5.56 Å². The highest BCUT2D eigenvalue weighted by Gasteiger charge is 2.38. The molecule has 0 radical (unpaired) electrons. The van der Waals surface area contributed by atoms with E-state index in [-0.39, 0.29) is 17.9 Å². The molecule has 0 aliphatic carbocycles. The maximum Gasteiger partial charge on any atom is 0.320 e. The Bertz CT molecular complexity index is 465. The minimum absolute atomic E-state index is 0.0322. The van der Waals surface area contributed by atoms with Gasteiger partial charge < -0.3 is 15.1 Å². The summed E-state index contributed by atoms with van der Waals surface area (Å²) in [5.41, 5.74) is 0.582. The number of hydrogen-bond donors (Lipinski definition) is 1. The molecule has 1 aromatic carbocycles. The van der Waals surface area contributed by atoms with Crippen molar-refractivity contribution in [1.82, 2.24) is 15.1 Å². The van der Waals surface area contributed by atoms with Gasteiger partial charge in [-0.25, -0.2) is 9.18 Å². The van der Waals surface area contributed by atoms with E-state index >= 15 is 0 Å². The lowest BCUT2D eigenvalue weighted by Crippen LogP contribution is -2.49. The maximum absolute atomic E-state index is 13.6. The molecule has 0 aromatic heterocycles. The van der Waals surface area contributed by atoms with Gasteiger partial charge >= 0.3 is 6.03 Å². The molecule has 1 atom stereocenters. The van der Waals surface area contributed by atoms with E-state index in [4.69, 9.17) is 0 Å². The molecule has 1 aromatic rings. The molecule has 2 saturated heterocycles. The Morgan fingerprint density at radius 2 is 2.22 bits per heavy atom. The SMILES string of the molecule is O=C1N(Cc2ccccc2F)CC2CNCCN12. The van der Waals surface area contributed by atoms with Crippen molar-refractivity contribution in [3.63, 3.8) is 0 Å². The van der Waals surface area contributed by atoms with Crippen molar-refractivity contribution < 1.29 is 9.18 Å². The number of halogens is 1. The molecule has 1 unspecified atom stereocenters. The Balaban J connectivity index is 1.74. The van der Waals surface area contributed by atoms with Crippen molar-refractivity contribution in [2.24, 2.45) is 0 Å². The van der Waals surface area contributed by atoms with Crippen molar-refractivity contribution in [3.05, 3.63) is 35.6 Å². The zero-order chi connectivity index (χ0) is 12.5. The second-order valence-corrected chi connectivity index (χ2v) is 4.81. The summed E-state index contributed by atoms with van der Waals surface area (Å²) in [6.45, 7) is 3.46. The molecule has 4 nitrogen and oxygen atoms in total. The average molecular weight is 249 g/mol. The number of benzene rings is 1. The minimum atomic E-state index is -0.242. The number of amides is 2. The molecule has 2 aliphatic rings. The number of nitrogens with one attached hydrogen (secondary N) is 1. The van der Waals surface area contributed by atoms with Crippen LogP contribution in [0.5, 0.6) is 0 Å². The van der Waals surface area contributed by atoms with Crippen LogP contribution in [0.2, 0.25) is 0 Å². The van der Waals surface area contributed by atoms with Gasteiger partial charge in [0, 0.05) is 31.7 Å². The number of carbonyl (C=O) groups is 1. The second kappa shape index (κ2) is 4.57. The van der Waals surface area contributed by atoms with Gasteiger partial charge in [-0.15, -0.1) is 0 Å². The van der Waals surface area contributed by atoms with Crippen LogP contribution in [0.3, 0.4) is 0 Å². The van der Waals surface area contributed by atoms with E-state index < -0.39 is 0 Å². The predicted molar refractivity (Wildman–Crippen MR) is 65.6 cm³/mol. The Morgan fingerprint density at radius 3 is 3.00 bits per heavy atom. The fourth-order valence-electron chi connectivity index (χ4n) is 2.65. The molecule has 18 heavy (non-hydrogen) atoms. The van der Waals surface area contributed by atoms with Gasteiger partial charge in [-0.2, -0.15) is 0 Å². The number of nitrogens with zero attached hydrogens (tertiary/aromatic N) is 2. The summed E-state index contributed by atoms with van der Waals surface area (Å²) in [4.78, 5) is 15.8. The standard InChI is InChI=1S/C13H16FN3O/c14-12-4-2-1-3-10(12)8-16-9-11-7-15-5-6-17(11)13(16)18/h1-4,11,15H,5-9H2. The van der Waals surface area contributed by atoms with Gasteiger partial charge in [0.15, 0.2) is 0 Å². The number of piperazine rings is 1. The van der Waals surface area contributed by atoms with E-state index in [2.05, 4.69) is 5.32 Å². The van der Waals surface area contributed by atoms with Gasteiger partial charge in [0.2, 0.25) is 0 Å². The third-order valence-electron chi connectivity index (χ3n) is 3.62. The number of carbonyl (C=O) groups excluding carboxylic acids is 1. The third-order valence-corrected chi connectivity index (χ3v) is 3.62. The largest absolute Gasteiger partial charge is 0.320 e. The van der Waals surface area contributed by atoms with Gasteiger partial charge in [0.1, 0.15) is 5.82 Å². The van der Waals surface area contributed by atoms with E-state index in [0.717, 1.165) is 19.6 Å². The molecule has 2 fully saturated rings. The van der Waals surface area contributed by atoms with Gasteiger partial charge in [-0.3, -0.25) is 0 Å². The van der Waals surface area contributed by atoms with Crippen molar-refractivity contribution in [1.29, 1.82) is 0 Å². The lowest BCUT2D eigenvalue weighted by Gasteiger charge is -2.28. The number of hydrogen-bond acceptors (Lipinski definition) is 2. The molecule has 2 heterocycles. The van der Waals surface area contributed by atoms with Crippen molar-refractivity contribution >= 4 is 6.03 Å². The van der Waals surface area contributed by atoms with Gasteiger partial charge in [-0.1, -0.05) is 18.2 Å². The van der Waals surface area contributed by atoms with Crippen LogP contribution in [-0.2, 0) is 6.54 Å². The Labute approximate surface area is 105 Å². The van der Waals surface area contributed by atoms with Crippen molar-refractivity contribution in [3.8, 4) is 0 Å². The summed E-state index contributed by atoms with van der Waals surface area (Å²) in [5.74, 6) is -0.242. The van der Waals surface area contributed by atoms with E-state index in [9.17, 15) is 9.18 Å². The summed E-state index contributed by atoms with van der Waals surface area (Å²) in [5, 5.41) is 3.28.